The van der Waals surface area contributed by atoms with E-state index in [1.54, 1.807) is 35.1 Å². The molecule has 8 saturated carbocycles. The summed E-state index contributed by atoms with van der Waals surface area (Å²) in [5.41, 5.74) is 6.42. The van der Waals surface area contributed by atoms with E-state index in [1.165, 1.54) is 77.2 Å². The van der Waals surface area contributed by atoms with E-state index < -0.39 is 0 Å². The topological polar surface area (TPSA) is 12.0 Å². The average Bonchev–Trinajstić information content (AvgIpc) is 2.94. The van der Waals surface area contributed by atoms with Crippen LogP contribution in [-0.4, -0.2) is 12.6 Å². The summed E-state index contributed by atoms with van der Waals surface area (Å²) in [6.45, 7) is 1.18. The van der Waals surface area contributed by atoms with Gasteiger partial charge in [0, 0.05) is 12.0 Å². The molecule has 0 radical (unpaired) electrons. The lowest BCUT2D eigenvalue weighted by Crippen LogP contribution is -2.43. The van der Waals surface area contributed by atoms with E-state index in [9.17, 15) is 0 Å². The second-order valence-electron chi connectivity index (χ2n) is 15.8. The lowest BCUT2D eigenvalue weighted by molar-refractivity contribution is -0.00283. The Bertz CT molecular complexity index is 1030. The number of nitrogens with one attached hydrogen (secondary N) is 1. The van der Waals surface area contributed by atoms with Gasteiger partial charge in [0.2, 0.25) is 0 Å². The van der Waals surface area contributed by atoms with E-state index in [1.807, 2.05) is 0 Å². The second-order valence-corrected chi connectivity index (χ2v) is 15.8. The molecule has 0 spiro atoms. The predicted octanol–water partition coefficient (Wildman–Crippen LogP) is 9.04. The molecule has 9 fully saturated rings. The van der Waals surface area contributed by atoms with Crippen LogP contribution in [0.3, 0.4) is 0 Å². The van der Waals surface area contributed by atoms with Crippen LogP contribution >= 0.6 is 0 Å². The molecule has 2 aromatic rings. The summed E-state index contributed by atoms with van der Waals surface area (Å²) in [5, 5.41) is 3.96. The molecule has 0 aromatic heterocycles. The summed E-state index contributed by atoms with van der Waals surface area (Å²) in [6, 6.07) is 21.0. The smallest absolute Gasteiger partial charge is 0.0243 e. The van der Waals surface area contributed by atoms with Gasteiger partial charge in [-0.25, -0.2) is 0 Å². The normalized spacial score (nSPS) is 44.6. The number of piperidine rings is 1. The molecule has 1 heterocycles. The molecule has 11 rings (SSSR count). The highest BCUT2D eigenvalue weighted by Gasteiger charge is 2.49. The molecule has 9 aliphatic rings. The van der Waals surface area contributed by atoms with Gasteiger partial charge >= 0.3 is 0 Å². The van der Waals surface area contributed by atoms with Crippen molar-refractivity contribution in [1.29, 1.82) is 0 Å². The van der Waals surface area contributed by atoms with Crippen molar-refractivity contribution in [2.75, 3.05) is 6.54 Å². The highest BCUT2D eigenvalue weighted by molar-refractivity contribution is 5.40. The molecule has 8 aliphatic carbocycles. The fraction of sp³-hybridized carbons (Fsp3) is 0.684. The van der Waals surface area contributed by atoms with Crippen LogP contribution in [0.1, 0.15) is 123 Å². The lowest BCUT2D eigenvalue weighted by Gasteiger charge is -2.54. The molecule has 39 heavy (non-hydrogen) atoms. The van der Waals surface area contributed by atoms with Gasteiger partial charge in [0.1, 0.15) is 0 Å². The first-order valence-corrected chi connectivity index (χ1v) is 17.2. The summed E-state index contributed by atoms with van der Waals surface area (Å²) in [7, 11) is 0. The highest BCUT2D eigenvalue weighted by Crippen LogP contribution is 2.61. The van der Waals surface area contributed by atoms with Crippen molar-refractivity contribution in [3.8, 4) is 0 Å². The molecule has 1 aliphatic heterocycles. The lowest BCUT2D eigenvalue weighted by atomic mass is 9.50. The summed E-state index contributed by atoms with van der Waals surface area (Å²) in [5.74, 6) is 10.3. The third-order valence-corrected chi connectivity index (χ3v) is 13.6. The first kappa shape index (κ1) is 24.0. The Morgan fingerprint density at radius 2 is 0.897 bits per heavy atom. The third kappa shape index (κ3) is 4.11. The molecule has 1 N–H and O–H groups in total. The third-order valence-electron chi connectivity index (χ3n) is 13.6. The quantitative estimate of drug-likeness (QED) is 0.415. The van der Waals surface area contributed by atoms with Crippen LogP contribution in [-0.2, 0) is 0 Å². The number of hydrogen-bond acceptors (Lipinski definition) is 1. The first-order valence-electron chi connectivity index (χ1n) is 17.2. The predicted molar refractivity (Wildman–Crippen MR) is 160 cm³/mol. The van der Waals surface area contributed by atoms with Crippen molar-refractivity contribution in [3.63, 3.8) is 0 Å². The fourth-order valence-electron chi connectivity index (χ4n) is 12.6. The monoisotopic (exact) mass is 519 g/mol. The van der Waals surface area contributed by atoms with Crippen LogP contribution in [0.25, 0.3) is 0 Å². The van der Waals surface area contributed by atoms with E-state index in [4.69, 9.17) is 0 Å². The Morgan fingerprint density at radius 3 is 1.26 bits per heavy atom. The zero-order valence-corrected chi connectivity index (χ0v) is 23.9. The number of benzene rings is 2. The van der Waals surface area contributed by atoms with Crippen molar-refractivity contribution in [2.24, 2.45) is 47.3 Å². The SMILES string of the molecule is c1cc(C2C3CC4CC(C3)CC2C4)ccc1C(c1ccc(C2C3CC4CC(C3)CC2C4)cc1)C1CCCCN1. The molecule has 1 unspecified atom stereocenters. The van der Waals surface area contributed by atoms with Crippen molar-refractivity contribution in [2.45, 2.75) is 107 Å². The van der Waals surface area contributed by atoms with Gasteiger partial charge in [-0.15, -0.1) is 0 Å². The molecular formula is C38H49N. The zero-order chi connectivity index (χ0) is 25.5. The Kier molecular flexibility index (Phi) is 5.84. The molecule has 206 valence electrons. The Labute approximate surface area is 236 Å². The number of hydrogen-bond donors (Lipinski definition) is 1. The minimum atomic E-state index is 0.477. The van der Waals surface area contributed by atoms with Crippen LogP contribution in [0, 0.1) is 47.3 Å². The second kappa shape index (κ2) is 9.47. The van der Waals surface area contributed by atoms with Crippen molar-refractivity contribution in [3.05, 3.63) is 70.8 Å². The van der Waals surface area contributed by atoms with E-state index in [0.717, 1.165) is 59.2 Å². The van der Waals surface area contributed by atoms with Gasteiger partial charge in [-0.2, -0.15) is 0 Å². The Hall–Kier alpha value is -1.60. The standard InChI is InChI=1S/C38H49N/c1-2-12-39-35(3-1)38(29-8-4-27(5-9-29)36-31-15-23-13-24(17-31)18-32(36)16-23)30-10-6-28(7-11-30)37-33-19-25-14-26(21-33)22-34(37)20-25/h4-11,23-26,31-39H,1-3,12-22H2. The number of rotatable bonds is 5. The van der Waals surface area contributed by atoms with E-state index in [0.29, 0.717) is 12.0 Å². The molecule has 1 atom stereocenters. The molecule has 1 heteroatoms. The van der Waals surface area contributed by atoms with E-state index in [2.05, 4.69) is 53.8 Å². The molecule has 2 aromatic carbocycles. The first-order chi connectivity index (χ1) is 19.2. The summed E-state index contributed by atoms with van der Waals surface area (Å²) < 4.78 is 0. The average molecular weight is 520 g/mol. The minimum Gasteiger partial charge on any atom is -0.313 e. The molecule has 1 saturated heterocycles. The maximum absolute atomic E-state index is 3.96. The van der Waals surface area contributed by atoms with E-state index in [-0.39, 0.29) is 0 Å². The Balaban J connectivity index is 0.995. The van der Waals surface area contributed by atoms with Gasteiger partial charge in [-0.3, -0.25) is 0 Å². The zero-order valence-electron chi connectivity index (χ0n) is 23.9. The van der Waals surface area contributed by atoms with E-state index >= 15 is 0 Å². The highest BCUT2D eigenvalue weighted by atomic mass is 14.9. The summed E-state index contributed by atoms with van der Waals surface area (Å²) in [4.78, 5) is 0. The minimum absolute atomic E-state index is 0.477. The van der Waals surface area contributed by atoms with Crippen LogP contribution in [0.5, 0.6) is 0 Å². The fourth-order valence-corrected chi connectivity index (χ4v) is 12.6. The van der Waals surface area contributed by atoms with Gasteiger partial charge in [0.05, 0.1) is 0 Å². The molecular weight excluding hydrogens is 470 g/mol. The Morgan fingerprint density at radius 1 is 0.487 bits per heavy atom. The maximum Gasteiger partial charge on any atom is 0.0243 e. The van der Waals surface area contributed by atoms with Crippen LogP contribution in [0.4, 0.5) is 0 Å². The molecule has 1 nitrogen and oxygen atoms in total. The molecule has 0 amide bonds. The van der Waals surface area contributed by atoms with Crippen LogP contribution in [0.15, 0.2) is 48.5 Å². The molecule has 8 bridgehead atoms. The van der Waals surface area contributed by atoms with Crippen LogP contribution in [0.2, 0.25) is 0 Å². The van der Waals surface area contributed by atoms with Gasteiger partial charge in [0.25, 0.3) is 0 Å². The van der Waals surface area contributed by atoms with Gasteiger partial charge < -0.3 is 5.32 Å². The summed E-state index contributed by atoms with van der Waals surface area (Å²) >= 11 is 0. The van der Waals surface area contributed by atoms with Crippen molar-refractivity contribution >= 4 is 0 Å². The van der Waals surface area contributed by atoms with Crippen molar-refractivity contribution < 1.29 is 0 Å². The summed E-state index contributed by atoms with van der Waals surface area (Å²) in [6.07, 6.45) is 19.3. The van der Waals surface area contributed by atoms with Gasteiger partial charge in [0.15, 0.2) is 0 Å². The maximum atomic E-state index is 3.96. The van der Waals surface area contributed by atoms with Crippen LogP contribution < -0.4 is 5.32 Å². The van der Waals surface area contributed by atoms with Gasteiger partial charge in [-0.05, 0) is 165 Å². The van der Waals surface area contributed by atoms with Gasteiger partial charge in [-0.1, -0.05) is 55.0 Å². The largest absolute Gasteiger partial charge is 0.313 e. The van der Waals surface area contributed by atoms with Crippen molar-refractivity contribution in [1.82, 2.24) is 5.32 Å².